The normalized spacial score (nSPS) is 23.9. The quantitative estimate of drug-likeness (QED) is 0.926. The molecule has 0 bridgehead atoms. The molecule has 1 aliphatic heterocycles. The third-order valence-corrected chi connectivity index (χ3v) is 4.53. The highest BCUT2D eigenvalue weighted by molar-refractivity contribution is 6.33. The molecule has 0 spiro atoms. The van der Waals surface area contributed by atoms with Gasteiger partial charge in [0.25, 0.3) is 0 Å². The second-order valence-corrected chi connectivity index (χ2v) is 6.86. The maximum Gasteiger partial charge on any atom is 0.147 e. The number of pyridine rings is 1. The minimum absolute atomic E-state index is 0.461. The molecule has 0 radical (unpaired) electrons. The van der Waals surface area contributed by atoms with Crippen molar-refractivity contribution in [3.8, 4) is 0 Å². The zero-order valence-corrected chi connectivity index (χ0v) is 14.5. The van der Waals surface area contributed by atoms with Crippen LogP contribution in [0.15, 0.2) is 12.3 Å². The molecule has 1 N–H and O–H groups in total. The summed E-state index contributed by atoms with van der Waals surface area (Å²) < 4.78 is 0. The van der Waals surface area contributed by atoms with Gasteiger partial charge in [-0.2, -0.15) is 0 Å². The van der Waals surface area contributed by atoms with Crippen LogP contribution in [0.3, 0.4) is 0 Å². The smallest absolute Gasteiger partial charge is 0.147 e. The summed E-state index contributed by atoms with van der Waals surface area (Å²) in [5, 5.41) is 4.14. The molecule has 0 aliphatic carbocycles. The molecule has 0 saturated carbocycles. The molecular weight excluding hydrogens is 284 g/mol. The fraction of sp³-hybridized carbons (Fsp3) is 0.688. The summed E-state index contributed by atoms with van der Waals surface area (Å²) in [5.41, 5.74) is 1.13. The average Bonchev–Trinajstić information content (AvgIpc) is 2.42. The molecule has 118 valence electrons. The predicted octanol–water partition coefficient (Wildman–Crippen LogP) is 2.76. The van der Waals surface area contributed by atoms with E-state index in [1.807, 2.05) is 12.3 Å². The van der Waals surface area contributed by atoms with Gasteiger partial charge in [-0.25, -0.2) is 4.98 Å². The summed E-state index contributed by atoms with van der Waals surface area (Å²) in [6.07, 6.45) is 1.93. The summed E-state index contributed by atoms with van der Waals surface area (Å²) in [6, 6.07) is 3.51. The number of hydrogen-bond donors (Lipinski definition) is 1. The second kappa shape index (κ2) is 6.95. The number of anilines is 1. The van der Waals surface area contributed by atoms with Crippen LogP contribution in [0.2, 0.25) is 5.02 Å². The summed E-state index contributed by atoms with van der Waals surface area (Å²) in [4.78, 5) is 9.32. The Morgan fingerprint density at radius 1 is 1.33 bits per heavy atom. The Bertz CT molecular complexity index is 465. The van der Waals surface area contributed by atoms with Gasteiger partial charge in [-0.15, -0.1) is 0 Å². The molecule has 1 fully saturated rings. The molecule has 1 aromatic heterocycles. The molecule has 21 heavy (non-hydrogen) atoms. The molecule has 2 atom stereocenters. The first kappa shape index (κ1) is 16.5. The first-order valence-corrected chi connectivity index (χ1v) is 8.11. The highest BCUT2D eigenvalue weighted by atomic mass is 35.5. The van der Waals surface area contributed by atoms with Crippen LogP contribution < -0.4 is 10.2 Å². The minimum Gasteiger partial charge on any atom is -0.352 e. The monoisotopic (exact) mass is 310 g/mol. The Kier molecular flexibility index (Phi) is 5.47. The molecule has 2 unspecified atom stereocenters. The van der Waals surface area contributed by atoms with Crippen LogP contribution in [0, 0.1) is 0 Å². The van der Waals surface area contributed by atoms with Crippen molar-refractivity contribution in [2.75, 3.05) is 25.0 Å². The first-order valence-electron chi connectivity index (χ1n) is 7.73. The summed E-state index contributed by atoms with van der Waals surface area (Å²) in [7, 11) is 2.18. The van der Waals surface area contributed by atoms with Crippen molar-refractivity contribution in [3.63, 3.8) is 0 Å². The van der Waals surface area contributed by atoms with Crippen molar-refractivity contribution in [1.82, 2.24) is 15.2 Å². The Hall–Kier alpha value is -0.840. The Morgan fingerprint density at radius 3 is 2.48 bits per heavy atom. The maximum absolute atomic E-state index is 6.46. The van der Waals surface area contributed by atoms with Crippen LogP contribution >= 0.6 is 11.6 Å². The topological polar surface area (TPSA) is 31.4 Å². The zero-order valence-electron chi connectivity index (χ0n) is 13.7. The number of likely N-dealkylation sites (N-methyl/N-ethyl adjacent to an activating group) is 1. The van der Waals surface area contributed by atoms with E-state index >= 15 is 0 Å². The lowest BCUT2D eigenvalue weighted by Gasteiger charge is -2.43. The van der Waals surface area contributed by atoms with Crippen LogP contribution in [0.25, 0.3) is 0 Å². The van der Waals surface area contributed by atoms with Gasteiger partial charge in [0.15, 0.2) is 0 Å². The van der Waals surface area contributed by atoms with Crippen LogP contribution in [-0.4, -0.2) is 48.1 Å². The van der Waals surface area contributed by atoms with Crippen molar-refractivity contribution in [3.05, 3.63) is 22.8 Å². The Labute approximate surface area is 133 Å². The number of hydrogen-bond acceptors (Lipinski definition) is 4. The number of aromatic nitrogens is 1. The number of nitrogens with one attached hydrogen (secondary N) is 1. The molecular formula is C16H27ClN4. The Balaban J connectivity index is 2.10. The van der Waals surface area contributed by atoms with Crippen LogP contribution in [0.4, 0.5) is 5.82 Å². The number of piperazine rings is 1. The third-order valence-electron chi connectivity index (χ3n) is 4.25. The molecule has 0 amide bonds. The minimum atomic E-state index is 0.461. The van der Waals surface area contributed by atoms with E-state index in [1.54, 1.807) is 0 Å². The summed E-state index contributed by atoms with van der Waals surface area (Å²) in [6.45, 7) is 11.5. The van der Waals surface area contributed by atoms with E-state index in [2.05, 4.69) is 54.8 Å². The largest absolute Gasteiger partial charge is 0.352 e. The lowest BCUT2D eigenvalue weighted by molar-refractivity contribution is 0.169. The molecule has 1 aliphatic rings. The van der Waals surface area contributed by atoms with Gasteiger partial charge in [-0.3, -0.25) is 4.90 Å². The predicted molar refractivity (Wildman–Crippen MR) is 90.1 cm³/mol. The van der Waals surface area contributed by atoms with Gasteiger partial charge in [0.1, 0.15) is 5.82 Å². The van der Waals surface area contributed by atoms with E-state index in [9.17, 15) is 0 Å². The van der Waals surface area contributed by atoms with Gasteiger partial charge >= 0.3 is 0 Å². The summed E-state index contributed by atoms with van der Waals surface area (Å²) in [5.74, 6) is 0.914. The zero-order chi connectivity index (χ0) is 15.6. The van der Waals surface area contributed by atoms with Crippen molar-refractivity contribution >= 4 is 17.4 Å². The van der Waals surface area contributed by atoms with E-state index in [0.29, 0.717) is 18.1 Å². The van der Waals surface area contributed by atoms with E-state index in [4.69, 9.17) is 11.6 Å². The van der Waals surface area contributed by atoms with Crippen LogP contribution in [0.1, 0.15) is 33.3 Å². The van der Waals surface area contributed by atoms with Gasteiger partial charge in [0.2, 0.25) is 0 Å². The molecule has 1 aromatic rings. The highest BCUT2D eigenvalue weighted by Gasteiger charge is 2.28. The first-order chi connectivity index (χ1) is 9.88. The molecule has 0 aromatic carbocycles. The highest BCUT2D eigenvalue weighted by Crippen LogP contribution is 2.27. The fourth-order valence-corrected chi connectivity index (χ4v) is 3.01. The van der Waals surface area contributed by atoms with E-state index in [-0.39, 0.29) is 0 Å². The number of halogens is 1. The lowest BCUT2D eigenvalue weighted by Crippen LogP contribution is -2.55. The molecule has 5 heteroatoms. The number of rotatable bonds is 4. The van der Waals surface area contributed by atoms with Gasteiger partial charge in [-0.1, -0.05) is 25.4 Å². The number of nitrogens with zero attached hydrogens (tertiary/aromatic N) is 3. The SMILES string of the molecule is CC(C)NCc1cnc(N2CC(C)N(C)C(C)C2)c(Cl)c1. The molecule has 2 rings (SSSR count). The van der Waals surface area contributed by atoms with E-state index in [0.717, 1.165) is 36.0 Å². The lowest BCUT2D eigenvalue weighted by atomic mass is 10.1. The molecule has 2 heterocycles. The standard InChI is InChI=1S/C16H27ClN4/c1-11(2)18-7-14-6-15(17)16(19-8-14)21-9-12(3)20(5)13(4)10-21/h6,8,11-13,18H,7,9-10H2,1-5H3. The molecule has 4 nitrogen and oxygen atoms in total. The van der Waals surface area contributed by atoms with Crippen LogP contribution in [-0.2, 0) is 6.54 Å². The van der Waals surface area contributed by atoms with Crippen molar-refractivity contribution in [2.24, 2.45) is 0 Å². The van der Waals surface area contributed by atoms with Crippen molar-refractivity contribution in [1.29, 1.82) is 0 Å². The summed E-state index contributed by atoms with van der Waals surface area (Å²) >= 11 is 6.46. The fourth-order valence-electron chi connectivity index (χ4n) is 2.70. The average molecular weight is 311 g/mol. The second-order valence-electron chi connectivity index (χ2n) is 6.45. The van der Waals surface area contributed by atoms with E-state index < -0.39 is 0 Å². The Morgan fingerprint density at radius 2 is 1.95 bits per heavy atom. The van der Waals surface area contributed by atoms with Crippen molar-refractivity contribution < 1.29 is 0 Å². The third kappa shape index (κ3) is 4.09. The maximum atomic E-state index is 6.46. The van der Waals surface area contributed by atoms with Gasteiger partial charge in [0, 0.05) is 44.0 Å². The van der Waals surface area contributed by atoms with E-state index in [1.165, 1.54) is 0 Å². The van der Waals surface area contributed by atoms with Gasteiger partial charge < -0.3 is 10.2 Å². The van der Waals surface area contributed by atoms with Gasteiger partial charge in [0.05, 0.1) is 5.02 Å². The molecule has 1 saturated heterocycles. The van der Waals surface area contributed by atoms with Gasteiger partial charge in [-0.05, 0) is 32.5 Å². The van der Waals surface area contributed by atoms with Crippen molar-refractivity contribution in [2.45, 2.75) is 52.4 Å². The van der Waals surface area contributed by atoms with Crippen LogP contribution in [0.5, 0.6) is 0 Å².